The summed E-state index contributed by atoms with van der Waals surface area (Å²) in [5.41, 5.74) is 1.47. The molecule has 0 aromatic heterocycles. The molecule has 2 heteroatoms. The van der Waals surface area contributed by atoms with Crippen LogP contribution in [0.1, 0.15) is 15.9 Å². The molecule has 1 N–H and O–H groups in total. The van der Waals surface area contributed by atoms with Gasteiger partial charge in [-0.1, -0.05) is 66.7 Å². The highest BCUT2D eigenvalue weighted by Crippen LogP contribution is 2.07. The molecule has 1 unspecified atom stereocenters. The van der Waals surface area contributed by atoms with E-state index in [4.69, 9.17) is 0 Å². The van der Waals surface area contributed by atoms with E-state index in [2.05, 4.69) is 0 Å². The second-order valence-electron chi connectivity index (χ2n) is 3.94. The SMILES string of the molecule is O=C(c1ccccc1)C(O)/C=C/c1ccccc1. The monoisotopic (exact) mass is 238 g/mol. The van der Waals surface area contributed by atoms with Crippen LogP contribution in [0.4, 0.5) is 0 Å². The molecule has 0 amide bonds. The zero-order chi connectivity index (χ0) is 12.8. The standard InChI is InChI=1S/C16H14O2/c17-15(12-11-13-7-3-1-4-8-13)16(18)14-9-5-2-6-10-14/h1-12,15,17H/b12-11+. The molecule has 1 atom stereocenters. The quantitative estimate of drug-likeness (QED) is 0.831. The molecule has 0 radical (unpaired) electrons. The maximum atomic E-state index is 11.9. The maximum Gasteiger partial charge on any atom is 0.195 e. The van der Waals surface area contributed by atoms with Crippen LogP contribution in [-0.4, -0.2) is 17.0 Å². The summed E-state index contributed by atoms with van der Waals surface area (Å²) in [7, 11) is 0. The predicted octanol–water partition coefficient (Wildman–Crippen LogP) is 2.94. The molecule has 0 aliphatic carbocycles. The molecule has 0 saturated heterocycles. The van der Waals surface area contributed by atoms with Crippen molar-refractivity contribution in [2.24, 2.45) is 0 Å². The number of ketones is 1. The van der Waals surface area contributed by atoms with E-state index in [0.29, 0.717) is 5.56 Å². The number of aliphatic hydroxyl groups is 1. The van der Waals surface area contributed by atoms with Gasteiger partial charge in [0, 0.05) is 5.56 Å². The minimum absolute atomic E-state index is 0.289. The lowest BCUT2D eigenvalue weighted by atomic mass is 10.1. The van der Waals surface area contributed by atoms with Crippen LogP contribution in [0, 0.1) is 0 Å². The first-order valence-electron chi connectivity index (χ1n) is 5.78. The van der Waals surface area contributed by atoms with Gasteiger partial charge in [0.15, 0.2) is 5.78 Å². The predicted molar refractivity (Wildman–Crippen MR) is 72.3 cm³/mol. The summed E-state index contributed by atoms with van der Waals surface area (Å²) in [6.45, 7) is 0. The molecule has 0 bridgehead atoms. The van der Waals surface area contributed by atoms with Crippen molar-refractivity contribution in [3.63, 3.8) is 0 Å². The van der Waals surface area contributed by atoms with Gasteiger partial charge in [-0.05, 0) is 11.6 Å². The molecule has 0 saturated carbocycles. The number of aliphatic hydroxyl groups excluding tert-OH is 1. The number of rotatable bonds is 4. The van der Waals surface area contributed by atoms with Crippen molar-refractivity contribution in [3.8, 4) is 0 Å². The lowest BCUT2D eigenvalue weighted by Crippen LogP contribution is -2.17. The summed E-state index contributed by atoms with van der Waals surface area (Å²) in [6.07, 6.45) is 2.14. The molecule has 2 aromatic carbocycles. The molecule has 18 heavy (non-hydrogen) atoms. The molecule has 0 heterocycles. The van der Waals surface area contributed by atoms with Crippen molar-refractivity contribution < 1.29 is 9.90 Å². The Kier molecular flexibility index (Phi) is 4.05. The summed E-state index contributed by atoms with van der Waals surface area (Å²) in [4.78, 5) is 11.9. The van der Waals surface area contributed by atoms with Crippen LogP contribution in [0.5, 0.6) is 0 Å². The Morgan fingerprint density at radius 1 is 0.944 bits per heavy atom. The van der Waals surface area contributed by atoms with Crippen molar-refractivity contribution in [2.45, 2.75) is 6.10 Å². The average Bonchev–Trinajstić information content (AvgIpc) is 2.46. The highest BCUT2D eigenvalue weighted by atomic mass is 16.3. The van der Waals surface area contributed by atoms with Gasteiger partial charge in [0.25, 0.3) is 0 Å². The Hall–Kier alpha value is -2.19. The summed E-state index contributed by atoms with van der Waals surface area (Å²) in [5.74, 6) is -0.289. The van der Waals surface area contributed by atoms with E-state index in [1.165, 1.54) is 6.08 Å². The van der Waals surface area contributed by atoms with Crippen molar-refractivity contribution in [2.75, 3.05) is 0 Å². The van der Waals surface area contributed by atoms with Crippen LogP contribution in [0.3, 0.4) is 0 Å². The van der Waals surface area contributed by atoms with Crippen LogP contribution in [0.15, 0.2) is 66.7 Å². The summed E-state index contributed by atoms with van der Waals surface area (Å²) in [5, 5.41) is 9.80. The van der Waals surface area contributed by atoms with Crippen LogP contribution < -0.4 is 0 Å². The Balaban J connectivity index is 2.07. The number of Topliss-reactive ketones (excluding diaryl/α,β-unsaturated/α-hetero) is 1. The first-order chi connectivity index (χ1) is 8.77. The van der Waals surface area contributed by atoms with Crippen molar-refractivity contribution in [1.29, 1.82) is 0 Å². The fourth-order valence-electron chi connectivity index (χ4n) is 1.63. The van der Waals surface area contributed by atoms with E-state index in [-0.39, 0.29) is 5.78 Å². The summed E-state index contributed by atoms with van der Waals surface area (Å²) < 4.78 is 0. The fourth-order valence-corrected chi connectivity index (χ4v) is 1.63. The van der Waals surface area contributed by atoms with E-state index in [1.54, 1.807) is 30.3 Å². The number of hydrogen-bond donors (Lipinski definition) is 1. The zero-order valence-electron chi connectivity index (χ0n) is 9.86. The second kappa shape index (κ2) is 5.94. The Morgan fingerprint density at radius 2 is 1.50 bits per heavy atom. The number of carbonyl (C=O) groups excluding carboxylic acids is 1. The van der Waals surface area contributed by atoms with E-state index < -0.39 is 6.10 Å². The fraction of sp³-hybridized carbons (Fsp3) is 0.0625. The highest BCUT2D eigenvalue weighted by molar-refractivity contribution is 6.00. The van der Waals surface area contributed by atoms with Gasteiger partial charge < -0.3 is 5.11 Å². The first kappa shape index (κ1) is 12.3. The number of benzene rings is 2. The summed E-state index contributed by atoms with van der Waals surface area (Å²) >= 11 is 0. The number of hydrogen-bond acceptors (Lipinski definition) is 2. The Bertz CT molecular complexity index is 530. The molecule has 0 spiro atoms. The van der Waals surface area contributed by atoms with Crippen LogP contribution in [-0.2, 0) is 0 Å². The molecular formula is C16H14O2. The lowest BCUT2D eigenvalue weighted by molar-refractivity contribution is 0.0821. The topological polar surface area (TPSA) is 37.3 Å². The smallest absolute Gasteiger partial charge is 0.195 e. The van der Waals surface area contributed by atoms with Gasteiger partial charge in [-0.2, -0.15) is 0 Å². The molecular weight excluding hydrogens is 224 g/mol. The third kappa shape index (κ3) is 3.15. The van der Waals surface area contributed by atoms with Crippen LogP contribution >= 0.6 is 0 Å². The first-order valence-corrected chi connectivity index (χ1v) is 5.78. The average molecular weight is 238 g/mol. The van der Waals surface area contributed by atoms with Crippen molar-refractivity contribution >= 4 is 11.9 Å². The van der Waals surface area contributed by atoms with Gasteiger partial charge in [0.2, 0.25) is 0 Å². The maximum absolute atomic E-state index is 11.9. The van der Waals surface area contributed by atoms with E-state index in [9.17, 15) is 9.90 Å². The molecule has 0 fully saturated rings. The van der Waals surface area contributed by atoms with Crippen LogP contribution in [0.25, 0.3) is 6.08 Å². The molecule has 2 nitrogen and oxygen atoms in total. The van der Waals surface area contributed by atoms with Gasteiger partial charge in [-0.3, -0.25) is 4.79 Å². The molecule has 0 aliphatic rings. The van der Waals surface area contributed by atoms with Crippen molar-refractivity contribution in [3.05, 3.63) is 77.9 Å². The lowest BCUT2D eigenvalue weighted by Gasteiger charge is -2.04. The van der Waals surface area contributed by atoms with E-state index in [0.717, 1.165) is 5.56 Å². The summed E-state index contributed by atoms with van der Waals surface area (Å²) in [6, 6.07) is 18.3. The Labute approximate surface area is 106 Å². The third-order valence-electron chi connectivity index (χ3n) is 2.60. The third-order valence-corrected chi connectivity index (χ3v) is 2.60. The van der Waals surface area contributed by atoms with Gasteiger partial charge in [-0.25, -0.2) is 0 Å². The highest BCUT2D eigenvalue weighted by Gasteiger charge is 2.13. The zero-order valence-corrected chi connectivity index (χ0v) is 9.86. The van der Waals surface area contributed by atoms with Crippen molar-refractivity contribution in [1.82, 2.24) is 0 Å². The van der Waals surface area contributed by atoms with E-state index >= 15 is 0 Å². The van der Waals surface area contributed by atoms with Gasteiger partial charge in [0.05, 0.1) is 0 Å². The van der Waals surface area contributed by atoms with Gasteiger partial charge in [0.1, 0.15) is 6.10 Å². The molecule has 2 rings (SSSR count). The minimum atomic E-state index is -1.10. The van der Waals surface area contributed by atoms with E-state index in [1.807, 2.05) is 36.4 Å². The Morgan fingerprint density at radius 3 is 2.11 bits per heavy atom. The normalized spacial score (nSPS) is 12.5. The van der Waals surface area contributed by atoms with Gasteiger partial charge in [-0.15, -0.1) is 0 Å². The van der Waals surface area contributed by atoms with Gasteiger partial charge >= 0.3 is 0 Å². The minimum Gasteiger partial charge on any atom is -0.381 e. The number of carbonyl (C=O) groups is 1. The molecule has 2 aromatic rings. The molecule has 0 aliphatic heterocycles. The largest absolute Gasteiger partial charge is 0.381 e. The molecule has 90 valence electrons. The van der Waals surface area contributed by atoms with Crippen LogP contribution in [0.2, 0.25) is 0 Å². The second-order valence-corrected chi connectivity index (χ2v) is 3.94.